The summed E-state index contributed by atoms with van der Waals surface area (Å²) in [5.41, 5.74) is 5.26. The van der Waals surface area contributed by atoms with E-state index in [-0.39, 0.29) is 0 Å². The molecule has 0 atom stereocenters. The van der Waals surface area contributed by atoms with Gasteiger partial charge in [-0.15, -0.1) is 0 Å². The van der Waals surface area contributed by atoms with Crippen LogP contribution in [0.3, 0.4) is 0 Å². The minimum atomic E-state index is 0.957. The Kier molecular flexibility index (Phi) is 3.92. The van der Waals surface area contributed by atoms with Crippen molar-refractivity contribution in [3.63, 3.8) is 0 Å². The summed E-state index contributed by atoms with van der Waals surface area (Å²) in [5, 5.41) is 6.25. The summed E-state index contributed by atoms with van der Waals surface area (Å²) in [5.74, 6) is 0. The van der Waals surface area contributed by atoms with E-state index in [4.69, 9.17) is 0 Å². The fraction of sp³-hybridized carbons (Fsp3) is 0.200. The zero-order valence-corrected chi connectivity index (χ0v) is 12.7. The summed E-state index contributed by atoms with van der Waals surface area (Å²) in [6.07, 6.45) is 1.04. The molecule has 3 aromatic rings. The molecule has 0 bridgehead atoms. The van der Waals surface area contributed by atoms with Crippen LogP contribution in [0.15, 0.2) is 60.7 Å². The second-order valence-corrected chi connectivity index (χ2v) is 5.63. The third-order valence-electron chi connectivity index (χ3n) is 3.98. The van der Waals surface area contributed by atoms with Gasteiger partial charge in [-0.3, -0.25) is 0 Å². The molecule has 0 saturated heterocycles. The molecule has 1 nitrogen and oxygen atoms in total. The van der Waals surface area contributed by atoms with Gasteiger partial charge < -0.3 is 5.32 Å². The number of hydrogen-bond acceptors (Lipinski definition) is 1. The molecular weight excluding hydrogens is 254 g/mol. The normalized spacial score (nSPS) is 10.8. The van der Waals surface area contributed by atoms with Crippen LogP contribution in [-0.4, -0.2) is 6.54 Å². The Morgan fingerprint density at radius 1 is 0.857 bits per heavy atom. The van der Waals surface area contributed by atoms with Crippen molar-refractivity contribution >= 4 is 16.5 Å². The highest BCUT2D eigenvalue weighted by Gasteiger charge is 2.01. The van der Waals surface area contributed by atoms with Crippen LogP contribution >= 0.6 is 0 Å². The quantitative estimate of drug-likeness (QED) is 0.697. The van der Waals surface area contributed by atoms with Crippen LogP contribution in [0.4, 0.5) is 5.69 Å². The monoisotopic (exact) mass is 275 g/mol. The number of benzene rings is 3. The van der Waals surface area contributed by atoms with Gasteiger partial charge in [-0.1, -0.05) is 54.6 Å². The maximum atomic E-state index is 3.57. The summed E-state index contributed by atoms with van der Waals surface area (Å²) >= 11 is 0. The first-order valence-corrected chi connectivity index (χ1v) is 7.52. The number of rotatable bonds is 4. The number of fused-ring (bicyclic) bond motifs is 1. The van der Waals surface area contributed by atoms with Crippen LogP contribution < -0.4 is 5.32 Å². The standard InChI is InChI=1S/C20H21N/c1-15-10-11-16(2)20(14-15)21-13-12-18-8-5-7-17-6-3-4-9-19(17)18/h3-11,14,21H,12-13H2,1-2H3. The SMILES string of the molecule is Cc1ccc(C)c(NCCc2cccc3ccccc23)c1. The van der Waals surface area contributed by atoms with Gasteiger partial charge in [-0.05, 0) is 53.8 Å². The molecule has 3 rings (SSSR count). The average Bonchev–Trinajstić information content (AvgIpc) is 2.51. The second-order valence-electron chi connectivity index (χ2n) is 5.63. The molecule has 1 N–H and O–H groups in total. The lowest BCUT2D eigenvalue weighted by Crippen LogP contribution is -2.06. The van der Waals surface area contributed by atoms with E-state index in [1.807, 2.05) is 0 Å². The first-order chi connectivity index (χ1) is 10.2. The van der Waals surface area contributed by atoms with Crippen LogP contribution in [0.25, 0.3) is 10.8 Å². The first kappa shape index (κ1) is 13.7. The molecule has 0 spiro atoms. The summed E-state index contributed by atoms with van der Waals surface area (Å²) in [7, 11) is 0. The number of nitrogens with one attached hydrogen (secondary N) is 1. The molecule has 0 saturated carbocycles. The van der Waals surface area contributed by atoms with Crippen LogP contribution in [0.2, 0.25) is 0 Å². The van der Waals surface area contributed by atoms with Gasteiger partial charge >= 0.3 is 0 Å². The lowest BCUT2D eigenvalue weighted by molar-refractivity contribution is 1.03. The predicted octanol–water partition coefficient (Wildman–Crippen LogP) is 5.11. The van der Waals surface area contributed by atoms with E-state index in [2.05, 4.69) is 79.8 Å². The highest BCUT2D eigenvalue weighted by molar-refractivity contribution is 5.85. The maximum Gasteiger partial charge on any atom is 0.0372 e. The van der Waals surface area contributed by atoms with E-state index in [9.17, 15) is 0 Å². The summed E-state index contributed by atoms with van der Waals surface area (Å²) in [6.45, 7) is 5.24. The van der Waals surface area contributed by atoms with E-state index < -0.39 is 0 Å². The largest absolute Gasteiger partial charge is 0.384 e. The van der Waals surface area contributed by atoms with Gasteiger partial charge in [0, 0.05) is 12.2 Å². The molecule has 0 aliphatic carbocycles. The molecule has 0 amide bonds. The summed E-state index contributed by atoms with van der Waals surface area (Å²) in [4.78, 5) is 0. The van der Waals surface area contributed by atoms with Crippen molar-refractivity contribution in [2.45, 2.75) is 20.3 Å². The lowest BCUT2D eigenvalue weighted by Gasteiger charge is -2.11. The van der Waals surface area contributed by atoms with Gasteiger partial charge in [0.05, 0.1) is 0 Å². The second kappa shape index (κ2) is 6.01. The zero-order valence-electron chi connectivity index (χ0n) is 12.7. The Bertz CT molecular complexity index is 753. The van der Waals surface area contributed by atoms with Crippen molar-refractivity contribution in [1.82, 2.24) is 0 Å². The van der Waals surface area contributed by atoms with Crippen molar-refractivity contribution < 1.29 is 0 Å². The van der Waals surface area contributed by atoms with E-state index in [0.29, 0.717) is 0 Å². The van der Waals surface area contributed by atoms with Crippen LogP contribution in [0.5, 0.6) is 0 Å². The van der Waals surface area contributed by atoms with Crippen molar-refractivity contribution in [2.24, 2.45) is 0 Å². The predicted molar refractivity (Wildman–Crippen MR) is 92.1 cm³/mol. The van der Waals surface area contributed by atoms with Crippen molar-refractivity contribution in [1.29, 1.82) is 0 Å². The molecular formula is C20H21N. The minimum absolute atomic E-state index is 0.957. The Morgan fingerprint density at radius 2 is 1.67 bits per heavy atom. The third-order valence-corrected chi connectivity index (χ3v) is 3.98. The lowest BCUT2D eigenvalue weighted by atomic mass is 10.0. The first-order valence-electron chi connectivity index (χ1n) is 7.52. The van der Waals surface area contributed by atoms with E-state index in [0.717, 1.165) is 13.0 Å². The van der Waals surface area contributed by atoms with Crippen molar-refractivity contribution in [2.75, 3.05) is 11.9 Å². The Balaban J connectivity index is 1.74. The third kappa shape index (κ3) is 3.08. The van der Waals surface area contributed by atoms with Crippen molar-refractivity contribution in [3.8, 4) is 0 Å². The van der Waals surface area contributed by atoms with Gasteiger partial charge in [0.1, 0.15) is 0 Å². The highest BCUT2D eigenvalue weighted by Crippen LogP contribution is 2.20. The number of anilines is 1. The molecule has 0 unspecified atom stereocenters. The van der Waals surface area contributed by atoms with Gasteiger partial charge in [0.15, 0.2) is 0 Å². The molecule has 21 heavy (non-hydrogen) atoms. The zero-order chi connectivity index (χ0) is 14.7. The van der Waals surface area contributed by atoms with Crippen molar-refractivity contribution in [3.05, 3.63) is 77.4 Å². The average molecular weight is 275 g/mol. The van der Waals surface area contributed by atoms with Gasteiger partial charge in [-0.25, -0.2) is 0 Å². The molecule has 106 valence electrons. The smallest absolute Gasteiger partial charge is 0.0372 e. The number of hydrogen-bond donors (Lipinski definition) is 1. The molecule has 0 aromatic heterocycles. The van der Waals surface area contributed by atoms with Crippen LogP contribution in [0.1, 0.15) is 16.7 Å². The molecule has 3 aromatic carbocycles. The molecule has 1 heteroatoms. The van der Waals surface area contributed by atoms with E-state index >= 15 is 0 Å². The van der Waals surface area contributed by atoms with E-state index in [1.165, 1.54) is 33.2 Å². The molecule has 0 fully saturated rings. The van der Waals surface area contributed by atoms with Crippen LogP contribution in [-0.2, 0) is 6.42 Å². The highest BCUT2D eigenvalue weighted by atomic mass is 14.9. The molecule has 0 aliphatic rings. The van der Waals surface area contributed by atoms with Crippen LogP contribution in [0, 0.1) is 13.8 Å². The van der Waals surface area contributed by atoms with Gasteiger partial charge in [0.25, 0.3) is 0 Å². The molecule has 0 radical (unpaired) electrons. The van der Waals surface area contributed by atoms with Gasteiger partial charge in [-0.2, -0.15) is 0 Å². The van der Waals surface area contributed by atoms with E-state index in [1.54, 1.807) is 0 Å². The Morgan fingerprint density at radius 3 is 2.57 bits per heavy atom. The molecule has 0 aliphatic heterocycles. The summed E-state index contributed by atoms with van der Waals surface area (Å²) < 4.78 is 0. The number of aryl methyl sites for hydroxylation is 2. The fourth-order valence-electron chi connectivity index (χ4n) is 2.77. The fourth-order valence-corrected chi connectivity index (χ4v) is 2.77. The molecule has 0 heterocycles. The summed E-state index contributed by atoms with van der Waals surface area (Å²) in [6, 6.07) is 21.7. The topological polar surface area (TPSA) is 12.0 Å². The Hall–Kier alpha value is -2.28. The van der Waals surface area contributed by atoms with Gasteiger partial charge in [0.2, 0.25) is 0 Å². The maximum absolute atomic E-state index is 3.57. The Labute approximate surface area is 126 Å². The minimum Gasteiger partial charge on any atom is -0.384 e.